The van der Waals surface area contributed by atoms with Gasteiger partial charge in [0.15, 0.2) is 0 Å². The molecule has 0 saturated carbocycles. The fraction of sp³-hybridized carbons (Fsp3) is 0.400. The lowest BCUT2D eigenvalue weighted by Gasteiger charge is -2.20. The monoisotopic (exact) mass is 571 g/mol. The van der Waals surface area contributed by atoms with Crippen LogP contribution in [0, 0.1) is 23.3 Å². The molecule has 0 saturated heterocycles. The molecule has 0 bridgehead atoms. The van der Waals surface area contributed by atoms with E-state index in [-0.39, 0.29) is 0 Å². The van der Waals surface area contributed by atoms with E-state index in [2.05, 4.69) is 20.4 Å². The zero-order chi connectivity index (χ0) is 29.2. The highest BCUT2D eigenvalue weighted by Gasteiger charge is 2.17. The van der Waals surface area contributed by atoms with E-state index in [1.807, 2.05) is 0 Å². The Balaban J connectivity index is 1.41. The van der Waals surface area contributed by atoms with Crippen LogP contribution in [0.1, 0.15) is 25.7 Å². The van der Waals surface area contributed by atoms with Crippen molar-refractivity contribution in [3.63, 3.8) is 0 Å². The number of rotatable bonds is 16. The maximum absolute atomic E-state index is 14.0. The third-order valence-corrected chi connectivity index (χ3v) is 6.89. The largest absolute Gasteiger partial charge is 0.329 e. The van der Waals surface area contributed by atoms with Gasteiger partial charge >= 0.3 is 0 Å². The molecule has 0 amide bonds. The third kappa shape index (κ3) is 8.56. The SMILES string of the molecule is NCCN(CCN)CCNCCCCCCn1nc2c(-c3cc(F)cc(F)c3)ccc(-c3cc(F)cc(F)c3)c2n1. The minimum Gasteiger partial charge on any atom is -0.329 e. The Morgan fingerprint density at radius 1 is 0.634 bits per heavy atom. The molecular formula is C30H37F4N7. The smallest absolute Gasteiger partial charge is 0.126 e. The van der Waals surface area contributed by atoms with Crippen LogP contribution in [0.15, 0.2) is 48.5 Å². The van der Waals surface area contributed by atoms with Gasteiger partial charge < -0.3 is 16.8 Å². The van der Waals surface area contributed by atoms with Gasteiger partial charge in [0, 0.05) is 62.5 Å². The second-order valence-electron chi connectivity index (χ2n) is 10.1. The Labute approximate surface area is 237 Å². The number of hydrogen-bond acceptors (Lipinski definition) is 6. The molecule has 1 heterocycles. The number of benzene rings is 3. The van der Waals surface area contributed by atoms with Crippen LogP contribution in [0.25, 0.3) is 33.3 Å². The molecule has 0 fully saturated rings. The molecule has 4 aromatic rings. The molecule has 0 unspecified atom stereocenters. The van der Waals surface area contributed by atoms with E-state index in [0.717, 1.165) is 70.5 Å². The normalized spacial score (nSPS) is 11.7. The minimum absolute atomic E-state index is 0.304. The van der Waals surface area contributed by atoms with Crippen molar-refractivity contribution in [3.8, 4) is 22.3 Å². The number of hydrogen-bond donors (Lipinski definition) is 3. The molecule has 41 heavy (non-hydrogen) atoms. The van der Waals surface area contributed by atoms with E-state index < -0.39 is 23.3 Å². The number of halogens is 4. The van der Waals surface area contributed by atoms with Crippen molar-refractivity contribution in [3.05, 3.63) is 71.8 Å². The molecule has 1 aromatic heterocycles. The molecule has 0 atom stereocenters. The Morgan fingerprint density at radius 3 is 1.61 bits per heavy atom. The van der Waals surface area contributed by atoms with Gasteiger partial charge in [0.25, 0.3) is 0 Å². The maximum Gasteiger partial charge on any atom is 0.126 e. The molecule has 7 nitrogen and oxygen atoms in total. The Morgan fingerprint density at radius 2 is 1.12 bits per heavy atom. The molecule has 0 radical (unpaired) electrons. The lowest BCUT2D eigenvalue weighted by molar-refractivity contribution is 0.287. The summed E-state index contributed by atoms with van der Waals surface area (Å²) in [5.74, 6) is -2.85. The van der Waals surface area contributed by atoms with E-state index in [0.29, 0.717) is 52.9 Å². The van der Waals surface area contributed by atoms with Crippen molar-refractivity contribution in [1.29, 1.82) is 0 Å². The maximum atomic E-state index is 14.0. The number of nitrogens with zero attached hydrogens (tertiary/aromatic N) is 4. The van der Waals surface area contributed by atoms with E-state index in [1.165, 1.54) is 24.3 Å². The van der Waals surface area contributed by atoms with Gasteiger partial charge in [0.2, 0.25) is 0 Å². The average molecular weight is 572 g/mol. The number of aryl methyl sites for hydroxylation is 1. The first kappa shape index (κ1) is 30.6. The summed E-state index contributed by atoms with van der Waals surface area (Å²) in [5, 5.41) is 12.7. The first-order chi connectivity index (χ1) is 19.9. The van der Waals surface area contributed by atoms with Crippen LogP contribution in [0.5, 0.6) is 0 Å². The zero-order valence-electron chi connectivity index (χ0n) is 23.1. The summed E-state index contributed by atoms with van der Waals surface area (Å²) in [6.45, 7) is 6.19. The van der Waals surface area contributed by atoms with E-state index in [9.17, 15) is 17.6 Å². The molecule has 0 aliphatic heterocycles. The fourth-order valence-electron chi connectivity index (χ4n) is 4.94. The average Bonchev–Trinajstić information content (AvgIpc) is 3.34. The van der Waals surface area contributed by atoms with Crippen LogP contribution in [0.2, 0.25) is 0 Å². The number of nitrogens with one attached hydrogen (secondary N) is 1. The predicted octanol–water partition coefficient (Wildman–Crippen LogP) is 4.69. The van der Waals surface area contributed by atoms with Crippen LogP contribution in [0.4, 0.5) is 17.6 Å². The minimum atomic E-state index is -0.713. The quantitative estimate of drug-likeness (QED) is 0.133. The summed E-state index contributed by atoms with van der Waals surface area (Å²) in [4.78, 5) is 3.80. The second-order valence-corrected chi connectivity index (χ2v) is 10.1. The summed E-state index contributed by atoms with van der Waals surface area (Å²) in [7, 11) is 0. The molecule has 5 N–H and O–H groups in total. The van der Waals surface area contributed by atoms with E-state index in [4.69, 9.17) is 11.5 Å². The van der Waals surface area contributed by atoms with E-state index in [1.54, 1.807) is 16.9 Å². The summed E-state index contributed by atoms with van der Waals surface area (Å²) >= 11 is 0. The zero-order valence-corrected chi connectivity index (χ0v) is 23.1. The standard InChI is InChI=1S/C30H37F4N7/c31-23-15-21(16-24(32)19-23)27-5-6-28(22-17-25(33)20-26(34)18-22)30-29(27)38-41(39-30)11-4-2-1-3-9-37-10-14-40(12-7-35)13-8-36/h5-6,15-20,37H,1-4,7-14,35-36H2. The van der Waals surface area contributed by atoms with Crippen molar-refractivity contribution >= 4 is 11.0 Å². The fourth-order valence-corrected chi connectivity index (χ4v) is 4.94. The molecule has 0 spiro atoms. The van der Waals surface area contributed by atoms with Gasteiger partial charge in [0.05, 0.1) is 6.54 Å². The molecule has 4 rings (SSSR count). The first-order valence-corrected chi connectivity index (χ1v) is 14.0. The highest BCUT2D eigenvalue weighted by molar-refractivity contribution is 6.00. The Bertz CT molecular complexity index is 1290. The summed E-state index contributed by atoms with van der Waals surface area (Å²) in [6, 6.07) is 9.78. The highest BCUT2D eigenvalue weighted by Crippen LogP contribution is 2.35. The van der Waals surface area contributed by atoms with Crippen LogP contribution >= 0.6 is 0 Å². The van der Waals surface area contributed by atoms with Gasteiger partial charge in [-0.15, -0.1) is 0 Å². The summed E-state index contributed by atoms with van der Waals surface area (Å²) in [6.07, 6.45) is 3.86. The van der Waals surface area contributed by atoms with Crippen molar-refractivity contribution in [2.75, 3.05) is 45.8 Å². The van der Waals surface area contributed by atoms with Crippen molar-refractivity contribution in [2.24, 2.45) is 11.5 Å². The number of nitrogens with two attached hydrogens (primary N) is 2. The summed E-state index contributed by atoms with van der Waals surface area (Å²) in [5.41, 5.74) is 13.7. The molecule has 0 aliphatic carbocycles. The number of aromatic nitrogens is 3. The van der Waals surface area contributed by atoms with Gasteiger partial charge in [-0.1, -0.05) is 25.0 Å². The topological polar surface area (TPSA) is 98.0 Å². The van der Waals surface area contributed by atoms with Crippen molar-refractivity contribution in [1.82, 2.24) is 25.2 Å². The second kappa shape index (κ2) is 15.0. The Hall–Kier alpha value is -3.38. The number of fused-ring (bicyclic) bond motifs is 1. The molecule has 3 aromatic carbocycles. The Kier molecular flexibility index (Phi) is 11.2. The van der Waals surface area contributed by atoms with E-state index >= 15 is 0 Å². The molecular weight excluding hydrogens is 534 g/mol. The number of unbranched alkanes of at least 4 members (excludes halogenated alkanes) is 3. The lowest BCUT2D eigenvalue weighted by Crippen LogP contribution is -2.38. The molecule has 11 heteroatoms. The predicted molar refractivity (Wildman–Crippen MR) is 154 cm³/mol. The van der Waals surface area contributed by atoms with Gasteiger partial charge in [-0.2, -0.15) is 15.0 Å². The van der Waals surface area contributed by atoms with Crippen LogP contribution in [-0.2, 0) is 6.54 Å². The van der Waals surface area contributed by atoms with Gasteiger partial charge in [-0.05, 0) is 54.8 Å². The third-order valence-electron chi connectivity index (χ3n) is 6.89. The lowest BCUT2D eigenvalue weighted by atomic mass is 9.97. The van der Waals surface area contributed by atoms with Gasteiger partial charge in [-0.3, -0.25) is 4.90 Å². The highest BCUT2D eigenvalue weighted by atomic mass is 19.1. The van der Waals surface area contributed by atoms with Crippen molar-refractivity contribution in [2.45, 2.75) is 32.2 Å². The summed E-state index contributed by atoms with van der Waals surface area (Å²) < 4.78 is 56.0. The van der Waals surface area contributed by atoms with Crippen LogP contribution in [0.3, 0.4) is 0 Å². The van der Waals surface area contributed by atoms with Crippen molar-refractivity contribution < 1.29 is 17.6 Å². The van der Waals surface area contributed by atoms with Crippen LogP contribution < -0.4 is 16.8 Å². The van der Waals surface area contributed by atoms with Gasteiger partial charge in [-0.25, -0.2) is 17.6 Å². The first-order valence-electron chi connectivity index (χ1n) is 14.0. The molecule has 220 valence electrons. The van der Waals surface area contributed by atoms with Gasteiger partial charge in [0.1, 0.15) is 34.3 Å². The van der Waals surface area contributed by atoms with Crippen LogP contribution in [-0.4, -0.2) is 65.7 Å². The molecule has 0 aliphatic rings.